The van der Waals surface area contributed by atoms with E-state index >= 15 is 0 Å². The molecule has 0 bridgehead atoms. The molecule has 192 valence electrons. The molecule has 2 aromatic rings. The van der Waals surface area contributed by atoms with Crippen LogP contribution in [-0.2, 0) is 14.9 Å². The van der Waals surface area contributed by atoms with Crippen LogP contribution in [0.1, 0.15) is 48.8 Å². The van der Waals surface area contributed by atoms with Gasteiger partial charge in [-0.3, -0.25) is 4.79 Å². The second-order valence-electron chi connectivity index (χ2n) is 10.2. The first-order valence-electron chi connectivity index (χ1n) is 11.8. The molecular weight excluding hydrogens is 479 g/mol. The predicted molar refractivity (Wildman–Crippen MR) is 132 cm³/mol. The van der Waals surface area contributed by atoms with E-state index < -0.39 is 23.9 Å². The van der Waals surface area contributed by atoms with Crippen molar-refractivity contribution in [2.45, 2.75) is 51.5 Å². The number of alkyl halides is 3. The number of carbonyl (C=O) groups is 1. The zero-order valence-corrected chi connectivity index (χ0v) is 21.3. The van der Waals surface area contributed by atoms with Gasteiger partial charge >= 0.3 is 6.18 Å². The average Bonchev–Trinajstić information content (AvgIpc) is 3.24. The molecule has 0 radical (unpaired) electrons. The van der Waals surface area contributed by atoms with Gasteiger partial charge in [-0.2, -0.15) is 24.9 Å². The molecule has 1 spiro atoms. The lowest BCUT2D eigenvalue weighted by molar-refractivity contribution is -0.191. The lowest BCUT2D eigenvalue weighted by Gasteiger charge is -2.39. The Bertz CT molecular complexity index is 1100. The fourth-order valence-corrected chi connectivity index (χ4v) is 5.88. The van der Waals surface area contributed by atoms with Crippen LogP contribution in [0.15, 0.2) is 18.2 Å². The Morgan fingerprint density at radius 3 is 2.57 bits per heavy atom. The Kier molecular flexibility index (Phi) is 7.28. The topological polar surface area (TPSA) is 72.5 Å². The highest BCUT2D eigenvalue weighted by Gasteiger charge is 2.46. The molecule has 2 saturated heterocycles. The summed E-state index contributed by atoms with van der Waals surface area (Å²) < 4.78 is 50.2. The van der Waals surface area contributed by atoms with Crippen LogP contribution in [0.25, 0.3) is 10.9 Å². The van der Waals surface area contributed by atoms with Gasteiger partial charge in [-0.05, 0) is 47.4 Å². The van der Waals surface area contributed by atoms with Crippen LogP contribution in [0.3, 0.4) is 0 Å². The van der Waals surface area contributed by atoms with Crippen LogP contribution in [0.5, 0.6) is 0 Å². The average molecular weight is 512 g/mol. The van der Waals surface area contributed by atoms with Gasteiger partial charge in [-0.1, -0.05) is 20.8 Å². The molecule has 4 rings (SSSR count). The first kappa shape index (κ1) is 26.0. The first-order valence-corrected chi connectivity index (χ1v) is 12.9. The Balaban J connectivity index is 1.60. The Labute approximate surface area is 207 Å². The van der Waals surface area contributed by atoms with Crippen LogP contribution < -0.4 is 10.6 Å². The monoisotopic (exact) mass is 511 g/mol. The summed E-state index contributed by atoms with van der Waals surface area (Å²) >= 11 is 1.82. The third-order valence-corrected chi connectivity index (χ3v) is 7.61. The Morgan fingerprint density at radius 2 is 1.91 bits per heavy atom. The van der Waals surface area contributed by atoms with E-state index in [0.717, 1.165) is 29.1 Å². The number of pyridine rings is 1. The minimum Gasteiger partial charge on any atom is -0.376 e. The van der Waals surface area contributed by atoms with Crippen LogP contribution in [0, 0.1) is 12.8 Å². The van der Waals surface area contributed by atoms with Gasteiger partial charge in [0.2, 0.25) is 0 Å². The van der Waals surface area contributed by atoms with Crippen LogP contribution >= 0.6 is 11.8 Å². The maximum absolute atomic E-state index is 13.1. The quantitative estimate of drug-likeness (QED) is 0.586. The second kappa shape index (κ2) is 9.78. The Hall–Kier alpha value is -2.04. The number of halogens is 3. The van der Waals surface area contributed by atoms with E-state index in [2.05, 4.69) is 15.6 Å². The van der Waals surface area contributed by atoms with Crippen molar-refractivity contribution in [2.24, 2.45) is 5.92 Å². The van der Waals surface area contributed by atoms with E-state index in [1.165, 1.54) is 0 Å². The van der Waals surface area contributed by atoms with Gasteiger partial charge in [0.25, 0.3) is 5.91 Å². The number of benzene rings is 1. The number of aryl methyl sites for hydroxylation is 1. The van der Waals surface area contributed by atoms with Crippen molar-refractivity contribution in [1.29, 1.82) is 0 Å². The van der Waals surface area contributed by atoms with Gasteiger partial charge in [0.1, 0.15) is 12.2 Å². The van der Waals surface area contributed by atoms with Crippen molar-refractivity contribution in [1.82, 2.24) is 10.3 Å². The highest BCUT2D eigenvalue weighted by atomic mass is 32.2. The number of hydrogen-bond donors (Lipinski definition) is 2. The standard InChI is InChI=1S/C25H32F3N3O3S/c1-15-9-20(22(32)29-12-16-13-35-8-5-24(16)33-6-7-34-24)31-21-18(15)10-17(30-14-25(26,27)28)11-19(21)23(2,3)4/h9-11,16,30H,5-8,12-14H2,1-4H3,(H,29,32). The van der Waals surface area contributed by atoms with Crippen molar-refractivity contribution in [3.05, 3.63) is 35.0 Å². The molecule has 10 heteroatoms. The number of rotatable bonds is 5. The molecule has 1 unspecified atom stereocenters. The highest BCUT2D eigenvalue weighted by molar-refractivity contribution is 7.99. The van der Waals surface area contributed by atoms with Crippen molar-refractivity contribution >= 4 is 34.3 Å². The molecule has 2 aliphatic heterocycles. The molecule has 1 aromatic heterocycles. The largest absolute Gasteiger partial charge is 0.405 e. The first-order chi connectivity index (χ1) is 16.4. The zero-order chi connectivity index (χ0) is 25.4. The van der Waals surface area contributed by atoms with Crippen molar-refractivity contribution in [2.75, 3.05) is 43.1 Å². The van der Waals surface area contributed by atoms with Gasteiger partial charge in [0.05, 0.1) is 18.7 Å². The van der Waals surface area contributed by atoms with Gasteiger partial charge in [-0.25, -0.2) is 4.98 Å². The van der Waals surface area contributed by atoms with Crippen molar-refractivity contribution < 1.29 is 27.4 Å². The summed E-state index contributed by atoms with van der Waals surface area (Å²) in [6.07, 6.45) is -3.53. The lowest BCUT2D eigenvalue weighted by Crippen LogP contribution is -2.49. The maximum atomic E-state index is 13.1. The number of ether oxygens (including phenoxy) is 2. The molecule has 1 aromatic carbocycles. The lowest BCUT2D eigenvalue weighted by atomic mass is 9.84. The Morgan fingerprint density at radius 1 is 1.20 bits per heavy atom. The number of hydrogen-bond acceptors (Lipinski definition) is 6. The van der Waals surface area contributed by atoms with Crippen molar-refractivity contribution in [3.63, 3.8) is 0 Å². The fraction of sp³-hybridized carbons (Fsp3) is 0.600. The van der Waals surface area contributed by atoms with E-state index in [1.54, 1.807) is 18.2 Å². The highest BCUT2D eigenvalue weighted by Crippen LogP contribution is 2.39. The van der Waals surface area contributed by atoms with Crippen LogP contribution in [-0.4, -0.2) is 60.7 Å². The molecule has 2 N–H and O–H groups in total. The summed E-state index contributed by atoms with van der Waals surface area (Å²) in [5.74, 6) is 0.932. The van der Waals surface area contributed by atoms with E-state index in [1.807, 2.05) is 39.5 Å². The minimum absolute atomic E-state index is 0.0432. The third kappa shape index (κ3) is 5.86. The van der Waals surface area contributed by atoms with E-state index in [0.29, 0.717) is 36.3 Å². The van der Waals surface area contributed by atoms with Crippen molar-refractivity contribution in [3.8, 4) is 0 Å². The summed E-state index contributed by atoms with van der Waals surface area (Å²) in [4.78, 5) is 17.8. The molecule has 35 heavy (non-hydrogen) atoms. The summed E-state index contributed by atoms with van der Waals surface area (Å²) in [6.45, 7) is 8.18. The number of nitrogens with one attached hydrogen (secondary N) is 2. The van der Waals surface area contributed by atoms with Gasteiger partial charge in [0.15, 0.2) is 5.79 Å². The normalized spacial score (nSPS) is 20.4. The van der Waals surface area contributed by atoms with Gasteiger partial charge in [0, 0.05) is 35.7 Å². The van der Waals surface area contributed by atoms with Gasteiger partial charge in [-0.15, -0.1) is 0 Å². The molecular formula is C25H32F3N3O3S. The smallest absolute Gasteiger partial charge is 0.376 e. The van der Waals surface area contributed by atoms with E-state index in [4.69, 9.17) is 9.47 Å². The molecule has 3 heterocycles. The zero-order valence-electron chi connectivity index (χ0n) is 20.5. The molecule has 2 fully saturated rings. The fourth-order valence-electron chi connectivity index (χ4n) is 4.63. The molecule has 6 nitrogen and oxygen atoms in total. The minimum atomic E-state index is -4.32. The summed E-state index contributed by atoms with van der Waals surface area (Å²) in [5.41, 5.74) is 2.42. The van der Waals surface area contributed by atoms with E-state index in [9.17, 15) is 18.0 Å². The third-order valence-electron chi connectivity index (χ3n) is 6.47. The number of thioether (sulfide) groups is 1. The molecule has 0 saturated carbocycles. The summed E-state index contributed by atoms with van der Waals surface area (Å²) in [7, 11) is 0. The summed E-state index contributed by atoms with van der Waals surface area (Å²) in [6, 6.07) is 5.05. The number of carbonyl (C=O) groups excluding carboxylic acids is 1. The number of aromatic nitrogens is 1. The molecule has 1 atom stereocenters. The predicted octanol–water partition coefficient (Wildman–Crippen LogP) is 5.04. The number of fused-ring (bicyclic) bond motifs is 1. The second-order valence-corrected chi connectivity index (χ2v) is 11.4. The SMILES string of the molecule is Cc1cc(C(=O)NCC2CSCCC23OCCO3)nc2c(C(C)(C)C)cc(NCC(F)(F)F)cc12. The van der Waals surface area contributed by atoms with Crippen LogP contribution in [0.4, 0.5) is 18.9 Å². The molecule has 2 aliphatic rings. The molecule has 1 amide bonds. The number of anilines is 1. The van der Waals surface area contributed by atoms with Gasteiger partial charge < -0.3 is 20.1 Å². The number of nitrogens with zero attached hydrogens (tertiary/aromatic N) is 1. The van der Waals surface area contributed by atoms with E-state index in [-0.39, 0.29) is 17.5 Å². The molecule has 0 aliphatic carbocycles. The maximum Gasteiger partial charge on any atom is 0.405 e. The summed E-state index contributed by atoms with van der Waals surface area (Å²) in [5, 5.41) is 6.20. The number of amides is 1. The van der Waals surface area contributed by atoms with Crippen LogP contribution in [0.2, 0.25) is 0 Å².